The summed E-state index contributed by atoms with van der Waals surface area (Å²) in [7, 11) is 0. The zero-order valence-corrected chi connectivity index (χ0v) is 24.5. The highest BCUT2D eigenvalue weighted by Crippen LogP contribution is 2.38. The Kier molecular flexibility index (Phi) is 9.03. The number of hydrogen-bond acceptors (Lipinski definition) is 6. The van der Waals surface area contributed by atoms with Crippen molar-refractivity contribution in [1.29, 1.82) is 0 Å². The summed E-state index contributed by atoms with van der Waals surface area (Å²) in [5, 5.41) is 6.38. The average molecular weight is 567 g/mol. The number of fused-ring (bicyclic) bond motifs is 1. The van der Waals surface area contributed by atoms with Crippen molar-refractivity contribution in [3.8, 4) is 0 Å². The first kappa shape index (κ1) is 29.1. The predicted molar refractivity (Wildman–Crippen MR) is 167 cm³/mol. The molecule has 8 nitrogen and oxygen atoms in total. The highest BCUT2D eigenvalue weighted by Gasteiger charge is 2.30. The quantitative estimate of drug-likeness (QED) is 0.243. The lowest BCUT2D eigenvalue weighted by Gasteiger charge is -2.32. The van der Waals surface area contributed by atoms with Gasteiger partial charge >= 0.3 is 5.97 Å². The van der Waals surface area contributed by atoms with E-state index in [0.29, 0.717) is 34.6 Å². The molecule has 0 radical (unpaired) electrons. The molecule has 5 rings (SSSR count). The van der Waals surface area contributed by atoms with E-state index < -0.39 is 5.97 Å². The van der Waals surface area contributed by atoms with Gasteiger partial charge in [-0.25, -0.2) is 4.79 Å². The summed E-state index contributed by atoms with van der Waals surface area (Å²) >= 11 is 0. The number of carbonyl (C=O) groups is 3. The number of carbonyl (C=O) groups excluding carboxylic acids is 3. The van der Waals surface area contributed by atoms with Crippen LogP contribution in [0.1, 0.15) is 61.5 Å². The van der Waals surface area contributed by atoms with Gasteiger partial charge in [-0.1, -0.05) is 42.8 Å². The minimum absolute atomic E-state index is 0.0151. The van der Waals surface area contributed by atoms with Gasteiger partial charge in [0.25, 0.3) is 5.91 Å². The Hall–Kier alpha value is -4.43. The summed E-state index contributed by atoms with van der Waals surface area (Å²) < 4.78 is 5.13. The van der Waals surface area contributed by atoms with Crippen LogP contribution in [0.25, 0.3) is 11.3 Å². The maximum absolute atomic E-state index is 13.3. The molecule has 0 spiro atoms. The Balaban J connectivity index is 1.44. The van der Waals surface area contributed by atoms with Crippen LogP contribution in [0.5, 0.6) is 0 Å². The lowest BCUT2D eigenvalue weighted by atomic mass is 9.99. The van der Waals surface area contributed by atoms with E-state index in [4.69, 9.17) is 4.74 Å². The number of nitrogens with zero attached hydrogens (tertiary/aromatic N) is 2. The molecule has 0 aliphatic carbocycles. The van der Waals surface area contributed by atoms with Gasteiger partial charge in [-0.15, -0.1) is 0 Å². The smallest absolute Gasteiger partial charge is 0.338 e. The number of piperidine rings is 1. The van der Waals surface area contributed by atoms with Crippen molar-refractivity contribution >= 4 is 46.1 Å². The summed E-state index contributed by atoms with van der Waals surface area (Å²) in [6.45, 7) is 8.46. The van der Waals surface area contributed by atoms with E-state index in [0.717, 1.165) is 42.9 Å². The Morgan fingerprint density at radius 2 is 1.67 bits per heavy atom. The maximum Gasteiger partial charge on any atom is 0.338 e. The lowest BCUT2D eigenvalue weighted by molar-refractivity contribution is -0.120. The standard InChI is InChI=1S/C34H38N4O4/c1-4-42-34(41)25-13-18-28-29(21-25)36-33(40)31(28)32(24-11-7-5-8-12-24)35-26-14-16-27(17-15-26)38(23(2)3)30(39)22-37-19-9-6-10-20-37/h5,7-8,11-18,21,23,35H,4,6,9-10,19-20,22H2,1-3H3,(H,36,40). The van der Waals surface area contributed by atoms with Gasteiger partial charge in [-0.2, -0.15) is 0 Å². The minimum Gasteiger partial charge on any atom is -0.462 e. The van der Waals surface area contributed by atoms with Gasteiger partial charge in [-0.3, -0.25) is 14.5 Å². The molecule has 3 aromatic carbocycles. The fourth-order valence-corrected chi connectivity index (χ4v) is 5.61. The van der Waals surface area contributed by atoms with Crippen LogP contribution in [0, 0.1) is 0 Å². The number of likely N-dealkylation sites (tertiary alicyclic amines) is 1. The fraction of sp³-hybridized carbons (Fsp3) is 0.324. The molecule has 8 heteroatoms. The average Bonchev–Trinajstić information content (AvgIpc) is 3.32. The molecule has 42 heavy (non-hydrogen) atoms. The molecule has 0 saturated carbocycles. The Bertz CT molecular complexity index is 1480. The van der Waals surface area contributed by atoms with Crippen molar-refractivity contribution in [3.63, 3.8) is 0 Å². The Labute approximate surface area is 247 Å². The molecule has 0 aromatic heterocycles. The van der Waals surface area contributed by atoms with E-state index in [1.807, 2.05) is 73.3 Å². The SMILES string of the molecule is CCOC(=O)c1ccc2c(c1)NC(=O)C2=C(Nc1ccc(N(C(=O)CN2CCCCC2)C(C)C)cc1)c1ccccc1. The van der Waals surface area contributed by atoms with Crippen LogP contribution in [-0.4, -0.2) is 55.0 Å². The third-order valence-electron chi connectivity index (χ3n) is 7.60. The van der Waals surface area contributed by atoms with E-state index in [-0.39, 0.29) is 24.5 Å². The molecule has 0 unspecified atom stereocenters. The maximum atomic E-state index is 13.3. The van der Waals surface area contributed by atoms with Crippen molar-refractivity contribution < 1.29 is 19.1 Å². The zero-order chi connectivity index (χ0) is 29.6. The van der Waals surface area contributed by atoms with Gasteiger partial charge in [0.05, 0.1) is 35.7 Å². The van der Waals surface area contributed by atoms with E-state index >= 15 is 0 Å². The highest BCUT2D eigenvalue weighted by molar-refractivity contribution is 6.37. The minimum atomic E-state index is -0.432. The first-order valence-electron chi connectivity index (χ1n) is 14.7. The van der Waals surface area contributed by atoms with Crippen LogP contribution in [0.3, 0.4) is 0 Å². The van der Waals surface area contributed by atoms with Crippen LogP contribution >= 0.6 is 0 Å². The number of benzene rings is 3. The highest BCUT2D eigenvalue weighted by atomic mass is 16.5. The lowest BCUT2D eigenvalue weighted by Crippen LogP contribution is -2.45. The van der Waals surface area contributed by atoms with Crippen molar-refractivity contribution in [2.75, 3.05) is 41.8 Å². The van der Waals surface area contributed by atoms with Crippen molar-refractivity contribution in [2.24, 2.45) is 0 Å². The molecule has 0 atom stereocenters. The zero-order valence-electron chi connectivity index (χ0n) is 24.5. The normalized spacial score (nSPS) is 16.0. The monoisotopic (exact) mass is 566 g/mol. The second-order valence-electron chi connectivity index (χ2n) is 10.9. The van der Waals surface area contributed by atoms with Crippen LogP contribution in [0.4, 0.5) is 17.1 Å². The number of esters is 1. The van der Waals surface area contributed by atoms with Crippen LogP contribution < -0.4 is 15.5 Å². The molecular formula is C34H38N4O4. The van der Waals surface area contributed by atoms with Gasteiger partial charge < -0.3 is 20.3 Å². The summed E-state index contributed by atoms with van der Waals surface area (Å²) in [5.41, 5.74) is 5.22. The van der Waals surface area contributed by atoms with E-state index in [2.05, 4.69) is 15.5 Å². The van der Waals surface area contributed by atoms with Crippen LogP contribution in [-0.2, 0) is 14.3 Å². The number of anilines is 3. The van der Waals surface area contributed by atoms with Gasteiger partial charge in [0.1, 0.15) is 0 Å². The number of hydrogen-bond donors (Lipinski definition) is 2. The second kappa shape index (κ2) is 13.0. The van der Waals surface area contributed by atoms with Gasteiger partial charge in [0, 0.05) is 23.0 Å². The topological polar surface area (TPSA) is 91.0 Å². The molecule has 2 aliphatic heterocycles. The molecule has 1 fully saturated rings. The largest absolute Gasteiger partial charge is 0.462 e. The molecule has 2 N–H and O–H groups in total. The van der Waals surface area contributed by atoms with E-state index in [1.54, 1.807) is 25.1 Å². The molecule has 0 bridgehead atoms. The van der Waals surface area contributed by atoms with Gasteiger partial charge in [-0.05, 0) is 88.7 Å². The predicted octanol–water partition coefficient (Wildman–Crippen LogP) is 6.02. The first-order valence-corrected chi connectivity index (χ1v) is 14.7. The molecule has 2 aliphatic rings. The van der Waals surface area contributed by atoms with Crippen molar-refractivity contribution in [1.82, 2.24) is 4.90 Å². The fourth-order valence-electron chi connectivity index (χ4n) is 5.61. The molecule has 1 saturated heterocycles. The first-order chi connectivity index (χ1) is 20.4. The van der Waals surface area contributed by atoms with Crippen molar-refractivity contribution in [3.05, 3.63) is 89.5 Å². The van der Waals surface area contributed by atoms with Gasteiger partial charge in [0.2, 0.25) is 5.91 Å². The number of rotatable bonds is 9. The summed E-state index contributed by atoms with van der Waals surface area (Å²) in [6, 6.07) is 22.5. The molecular weight excluding hydrogens is 528 g/mol. The summed E-state index contributed by atoms with van der Waals surface area (Å²) in [6.07, 6.45) is 3.52. The van der Waals surface area contributed by atoms with Gasteiger partial charge in [0.15, 0.2) is 0 Å². The number of nitrogens with one attached hydrogen (secondary N) is 2. The van der Waals surface area contributed by atoms with Crippen LogP contribution in [0.15, 0.2) is 72.8 Å². The Morgan fingerprint density at radius 1 is 0.952 bits per heavy atom. The number of ether oxygens (including phenoxy) is 1. The molecule has 2 amide bonds. The second-order valence-corrected chi connectivity index (χ2v) is 10.9. The van der Waals surface area contributed by atoms with E-state index in [1.165, 1.54) is 6.42 Å². The molecule has 3 aromatic rings. The summed E-state index contributed by atoms with van der Waals surface area (Å²) in [5.74, 6) is -0.595. The van der Waals surface area contributed by atoms with Crippen LogP contribution in [0.2, 0.25) is 0 Å². The molecule has 2 heterocycles. The van der Waals surface area contributed by atoms with Crippen molar-refractivity contribution in [2.45, 2.75) is 46.1 Å². The molecule has 218 valence electrons. The third-order valence-corrected chi connectivity index (χ3v) is 7.60. The Morgan fingerprint density at radius 3 is 2.33 bits per heavy atom. The van der Waals surface area contributed by atoms with E-state index in [9.17, 15) is 14.4 Å². The summed E-state index contributed by atoms with van der Waals surface area (Å²) in [4.78, 5) is 43.0. The third kappa shape index (κ3) is 6.39. The number of amides is 2.